The van der Waals surface area contributed by atoms with Crippen LogP contribution in [0.4, 0.5) is 0 Å². The predicted octanol–water partition coefficient (Wildman–Crippen LogP) is 2.30. The number of nitrogens with one attached hydrogen (secondary N) is 1. The maximum Gasteiger partial charge on any atom is 0.194 e. The van der Waals surface area contributed by atoms with Gasteiger partial charge in [-0.3, -0.25) is 4.99 Å². The number of guanidine groups is 1. The first kappa shape index (κ1) is 16.1. The van der Waals surface area contributed by atoms with Gasteiger partial charge in [-0.2, -0.15) is 0 Å². The van der Waals surface area contributed by atoms with Crippen LogP contribution in [-0.2, 0) is 6.42 Å². The molecule has 1 aliphatic heterocycles. The number of aliphatic imine (C=N–C) groups is 1. The van der Waals surface area contributed by atoms with Crippen molar-refractivity contribution >= 4 is 17.6 Å². The summed E-state index contributed by atoms with van der Waals surface area (Å²) in [4.78, 5) is 6.79. The largest absolute Gasteiger partial charge is 0.391 e. The van der Waals surface area contributed by atoms with E-state index < -0.39 is 0 Å². The second kappa shape index (κ2) is 8.25. The van der Waals surface area contributed by atoms with Crippen LogP contribution in [0.2, 0.25) is 5.02 Å². The highest BCUT2D eigenvalue weighted by molar-refractivity contribution is 6.30. The Morgan fingerprint density at radius 2 is 2.19 bits per heavy atom. The van der Waals surface area contributed by atoms with Crippen LogP contribution >= 0.6 is 11.6 Å². The van der Waals surface area contributed by atoms with Crippen molar-refractivity contribution in [1.82, 2.24) is 10.2 Å². The van der Waals surface area contributed by atoms with Gasteiger partial charge in [0.2, 0.25) is 0 Å². The second-order valence-corrected chi connectivity index (χ2v) is 5.79. The Balaban J connectivity index is 1.81. The lowest BCUT2D eigenvalue weighted by Crippen LogP contribution is -2.40. The highest BCUT2D eigenvalue weighted by atomic mass is 35.5. The Kier molecular flexibility index (Phi) is 6.33. The van der Waals surface area contributed by atoms with Crippen molar-refractivity contribution in [3.8, 4) is 0 Å². The minimum absolute atomic E-state index is 0.220. The molecule has 0 radical (unpaired) electrons. The van der Waals surface area contributed by atoms with Gasteiger partial charge in [-0.25, -0.2) is 0 Å². The smallest absolute Gasteiger partial charge is 0.194 e. The highest BCUT2D eigenvalue weighted by Crippen LogP contribution is 2.11. The van der Waals surface area contributed by atoms with E-state index in [1.807, 2.05) is 12.1 Å². The minimum Gasteiger partial charge on any atom is -0.391 e. The van der Waals surface area contributed by atoms with E-state index in [4.69, 9.17) is 11.6 Å². The van der Waals surface area contributed by atoms with Gasteiger partial charge in [0.25, 0.3) is 0 Å². The number of aryl methyl sites for hydroxylation is 1. The van der Waals surface area contributed by atoms with Crippen molar-refractivity contribution in [2.75, 3.05) is 26.2 Å². The van der Waals surface area contributed by atoms with Gasteiger partial charge in [0.1, 0.15) is 0 Å². The van der Waals surface area contributed by atoms with Crippen LogP contribution in [0, 0.1) is 0 Å². The standard InChI is InChI=1S/C16H24ClN3O/c1-2-18-16(20-11-9-15(21)12-20)19-10-3-4-13-5-7-14(17)8-6-13/h5-8,15,21H,2-4,9-12H2,1H3,(H,18,19)/t15-/m1/s1. The molecule has 0 aliphatic carbocycles. The zero-order valence-electron chi connectivity index (χ0n) is 12.6. The Morgan fingerprint density at radius 3 is 2.81 bits per heavy atom. The molecule has 0 aromatic heterocycles. The number of aliphatic hydroxyl groups excluding tert-OH is 1. The predicted molar refractivity (Wildman–Crippen MR) is 87.9 cm³/mol. The van der Waals surface area contributed by atoms with Crippen molar-refractivity contribution in [2.45, 2.75) is 32.3 Å². The van der Waals surface area contributed by atoms with Gasteiger partial charge in [0, 0.05) is 31.2 Å². The maximum atomic E-state index is 9.62. The Hall–Kier alpha value is -1.26. The molecule has 1 aromatic carbocycles. The minimum atomic E-state index is -0.220. The number of nitrogens with zero attached hydrogens (tertiary/aromatic N) is 2. The quantitative estimate of drug-likeness (QED) is 0.498. The summed E-state index contributed by atoms with van der Waals surface area (Å²) in [7, 11) is 0. The van der Waals surface area contributed by atoms with Crippen LogP contribution in [0.1, 0.15) is 25.3 Å². The molecule has 1 fully saturated rings. The maximum absolute atomic E-state index is 9.62. The van der Waals surface area contributed by atoms with E-state index >= 15 is 0 Å². The Bertz CT molecular complexity index is 461. The number of likely N-dealkylation sites (tertiary alicyclic amines) is 1. The molecular formula is C16H24ClN3O. The van der Waals surface area contributed by atoms with E-state index in [9.17, 15) is 5.11 Å². The third-order valence-corrected chi connectivity index (χ3v) is 3.85. The summed E-state index contributed by atoms with van der Waals surface area (Å²) >= 11 is 5.88. The lowest BCUT2D eigenvalue weighted by atomic mass is 10.1. The molecular weight excluding hydrogens is 286 g/mol. The first-order chi connectivity index (χ1) is 10.2. The fraction of sp³-hybridized carbons (Fsp3) is 0.562. The topological polar surface area (TPSA) is 47.9 Å². The molecule has 4 nitrogen and oxygen atoms in total. The average molecular weight is 310 g/mol. The normalized spacial score (nSPS) is 19.1. The van der Waals surface area contributed by atoms with Crippen molar-refractivity contribution in [3.63, 3.8) is 0 Å². The number of rotatable bonds is 5. The number of benzene rings is 1. The van der Waals surface area contributed by atoms with Crippen molar-refractivity contribution in [2.24, 2.45) is 4.99 Å². The van der Waals surface area contributed by atoms with E-state index in [0.29, 0.717) is 6.54 Å². The van der Waals surface area contributed by atoms with Crippen LogP contribution in [0.15, 0.2) is 29.3 Å². The summed E-state index contributed by atoms with van der Waals surface area (Å²) < 4.78 is 0. The molecule has 0 bridgehead atoms. The van der Waals surface area contributed by atoms with Crippen LogP contribution in [0.3, 0.4) is 0 Å². The SMILES string of the molecule is CCNC(=NCCCc1ccc(Cl)cc1)N1CC[C@@H](O)C1. The lowest BCUT2D eigenvalue weighted by molar-refractivity contribution is 0.188. The molecule has 21 heavy (non-hydrogen) atoms. The summed E-state index contributed by atoms with van der Waals surface area (Å²) in [6.07, 6.45) is 2.62. The van der Waals surface area contributed by atoms with Crippen LogP contribution in [0.25, 0.3) is 0 Å². The molecule has 1 atom stereocenters. The Morgan fingerprint density at radius 1 is 1.43 bits per heavy atom. The fourth-order valence-corrected chi connectivity index (χ4v) is 2.61. The number of hydrogen-bond donors (Lipinski definition) is 2. The molecule has 1 aliphatic rings. The number of hydrogen-bond acceptors (Lipinski definition) is 2. The van der Waals surface area contributed by atoms with Gasteiger partial charge in [0.15, 0.2) is 5.96 Å². The molecule has 5 heteroatoms. The molecule has 1 heterocycles. The van der Waals surface area contributed by atoms with Crippen LogP contribution in [-0.4, -0.2) is 48.2 Å². The zero-order valence-corrected chi connectivity index (χ0v) is 13.3. The molecule has 0 saturated carbocycles. The third-order valence-electron chi connectivity index (χ3n) is 3.60. The summed E-state index contributed by atoms with van der Waals surface area (Å²) in [6, 6.07) is 7.98. The molecule has 2 N–H and O–H groups in total. The number of halogens is 1. The fourth-order valence-electron chi connectivity index (χ4n) is 2.48. The van der Waals surface area contributed by atoms with Crippen molar-refractivity contribution in [3.05, 3.63) is 34.9 Å². The lowest BCUT2D eigenvalue weighted by Gasteiger charge is -2.20. The molecule has 1 aromatic rings. The third kappa shape index (κ3) is 5.21. The summed E-state index contributed by atoms with van der Waals surface area (Å²) in [5.74, 6) is 0.921. The first-order valence-electron chi connectivity index (χ1n) is 7.65. The average Bonchev–Trinajstić information content (AvgIpc) is 2.91. The van der Waals surface area contributed by atoms with E-state index in [0.717, 1.165) is 49.9 Å². The molecule has 2 rings (SSSR count). The van der Waals surface area contributed by atoms with E-state index in [1.165, 1.54) is 5.56 Å². The van der Waals surface area contributed by atoms with Gasteiger partial charge < -0.3 is 15.3 Å². The molecule has 0 amide bonds. The van der Waals surface area contributed by atoms with Crippen molar-refractivity contribution in [1.29, 1.82) is 0 Å². The summed E-state index contributed by atoms with van der Waals surface area (Å²) in [6.45, 7) is 5.27. The van der Waals surface area contributed by atoms with Crippen molar-refractivity contribution < 1.29 is 5.11 Å². The van der Waals surface area contributed by atoms with Gasteiger partial charge in [-0.15, -0.1) is 0 Å². The second-order valence-electron chi connectivity index (χ2n) is 5.35. The van der Waals surface area contributed by atoms with Gasteiger partial charge in [0.05, 0.1) is 6.10 Å². The first-order valence-corrected chi connectivity index (χ1v) is 8.02. The molecule has 1 saturated heterocycles. The molecule has 0 spiro atoms. The van der Waals surface area contributed by atoms with Gasteiger partial charge in [-0.1, -0.05) is 23.7 Å². The van der Waals surface area contributed by atoms with Crippen LogP contribution < -0.4 is 5.32 Å². The van der Waals surface area contributed by atoms with E-state index in [-0.39, 0.29) is 6.10 Å². The monoisotopic (exact) mass is 309 g/mol. The Labute approximate surface area is 131 Å². The molecule has 116 valence electrons. The zero-order chi connectivity index (χ0) is 15.1. The van der Waals surface area contributed by atoms with E-state index in [2.05, 4.69) is 34.3 Å². The van der Waals surface area contributed by atoms with Gasteiger partial charge in [-0.05, 0) is 43.9 Å². The van der Waals surface area contributed by atoms with Gasteiger partial charge >= 0.3 is 0 Å². The number of β-amino-alcohol motifs (C(OH)–C–C–N with tert-alkyl or cyclic N) is 1. The molecule has 0 unspecified atom stereocenters. The summed E-state index contributed by atoms with van der Waals surface area (Å²) in [5, 5.41) is 13.7. The van der Waals surface area contributed by atoms with E-state index in [1.54, 1.807) is 0 Å². The number of aliphatic hydroxyl groups is 1. The highest BCUT2D eigenvalue weighted by Gasteiger charge is 2.22. The van der Waals surface area contributed by atoms with Crippen LogP contribution in [0.5, 0.6) is 0 Å². The summed E-state index contributed by atoms with van der Waals surface area (Å²) in [5.41, 5.74) is 1.29.